The maximum atomic E-state index is 14.2. The lowest BCUT2D eigenvalue weighted by atomic mass is 9.90. The number of rotatable bonds is 5. The molecule has 2 saturated heterocycles. The van der Waals surface area contributed by atoms with Gasteiger partial charge in [-0.2, -0.15) is 0 Å². The summed E-state index contributed by atoms with van der Waals surface area (Å²) in [7, 11) is 2.03. The van der Waals surface area contributed by atoms with E-state index in [9.17, 15) is 18.4 Å². The van der Waals surface area contributed by atoms with Crippen LogP contribution in [0, 0.1) is 17.6 Å². The number of piperazine rings is 1. The second kappa shape index (κ2) is 10.3. The van der Waals surface area contributed by atoms with Crippen molar-refractivity contribution in [3.05, 3.63) is 65.7 Å². The highest BCUT2D eigenvalue weighted by Crippen LogP contribution is 2.28. The lowest BCUT2D eigenvalue weighted by Crippen LogP contribution is -2.51. The monoisotopic (exact) mass is 457 g/mol. The van der Waals surface area contributed by atoms with Gasteiger partial charge in [0.15, 0.2) is 0 Å². The number of benzene rings is 2. The van der Waals surface area contributed by atoms with E-state index in [1.165, 1.54) is 4.90 Å². The Bertz CT molecular complexity index is 980. The Morgan fingerprint density at radius 2 is 1.70 bits per heavy atom. The minimum atomic E-state index is -0.755. The summed E-state index contributed by atoms with van der Waals surface area (Å²) in [5.74, 6) is -1.51. The molecule has 2 heterocycles. The first-order valence-electron chi connectivity index (χ1n) is 11.3. The van der Waals surface area contributed by atoms with Crippen LogP contribution in [-0.4, -0.2) is 78.9 Å². The van der Waals surface area contributed by atoms with Crippen molar-refractivity contribution in [1.82, 2.24) is 14.7 Å². The van der Waals surface area contributed by atoms with Crippen LogP contribution in [0.15, 0.2) is 48.5 Å². The molecule has 2 aliphatic heterocycles. The number of halogens is 2. The third-order valence-corrected chi connectivity index (χ3v) is 6.43. The summed E-state index contributed by atoms with van der Waals surface area (Å²) in [6, 6.07) is 12.3. The van der Waals surface area contributed by atoms with Crippen molar-refractivity contribution < 1.29 is 23.1 Å². The fourth-order valence-electron chi connectivity index (χ4n) is 4.46. The van der Waals surface area contributed by atoms with Crippen molar-refractivity contribution in [3.8, 4) is 5.75 Å². The highest BCUT2D eigenvalue weighted by Gasteiger charge is 2.36. The molecule has 0 aromatic heterocycles. The maximum Gasteiger partial charge on any atom is 0.256 e. The first kappa shape index (κ1) is 23.2. The van der Waals surface area contributed by atoms with E-state index >= 15 is 0 Å². The van der Waals surface area contributed by atoms with Crippen molar-refractivity contribution in [1.29, 1.82) is 0 Å². The average molecular weight is 458 g/mol. The number of nitrogens with zero attached hydrogens (tertiary/aromatic N) is 3. The molecule has 2 atom stereocenters. The lowest BCUT2D eigenvalue weighted by Gasteiger charge is -2.40. The standard InChI is InChI=1S/C25H29F2N3O3/c1-28-11-13-29(14-12-28)24(31)15-18-17-30(25(32)21-16-19(26)7-8-22(21)27)10-9-23(18)33-20-5-3-2-4-6-20/h2-8,16,18,23H,9-15,17H2,1H3/t18-,23-/m0/s1. The van der Waals surface area contributed by atoms with Gasteiger partial charge in [0.25, 0.3) is 5.91 Å². The fourth-order valence-corrected chi connectivity index (χ4v) is 4.46. The quantitative estimate of drug-likeness (QED) is 0.693. The Kier molecular flexibility index (Phi) is 7.23. The molecule has 176 valence electrons. The normalized spacial score (nSPS) is 21.7. The number of piperidine rings is 1. The van der Waals surface area contributed by atoms with Crippen LogP contribution < -0.4 is 4.74 Å². The second-order valence-electron chi connectivity index (χ2n) is 8.78. The van der Waals surface area contributed by atoms with E-state index in [0.717, 1.165) is 31.3 Å². The van der Waals surface area contributed by atoms with Gasteiger partial charge in [-0.05, 0) is 37.4 Å². The molecule has 2 aliphatic rings. The molecule has 0 N–H and O–H groups in total. The predicted octanol–water partition coefficient (Wildman–Crippen LogP) is 3.04. The number of likely N-dealkylation sites (N-methyl/N-ethyl adjacent to an activating group) is 1. The molecule has 0 spiro atoms. The molecule has 0 unspecified atom stereocenters. The molecule has 33 heavy (non-hydrogen) atoms. The number of hydrogen-bond donors (Lipinski definition) is 0. The van der Waals surface area contributed by atoms with Crippen LogP contribution in [0.1, 0.15) is 23.2 Å². The van der Waals surface area contributed by atoms with Gasteiger partial charge in [-0.25, -0.2) is 8.78 Å². The van der Waals surface area contributed by atoms with E-state index in [2.05, 4.69) is 4.90 Å². The molecule has 0 radical (unpaired) electrons. The summed E-state index contributed by atoms with van der Waals surface area (Å²) in [5.41, 5.74) is -0.290. The van der Waals surface area contributed by atoms with Crippen molar-refractivity contribution in [2.45, 2.75) is 18.9 Å². The van der Waals surface area contributed by atoms with Gasteiger partial charge in [-0.15, -0.1) is 0 Å². The molecule has 2 fully saturated rings. The van der Waals surface area contributed by atoms with E-state index in [1.54, 1.807) is 0 Å². The molecule has 2 aromatic rings. The van der Waals surface area contributed by atoms with Crippen LogP contribution in [0.4, 0.5) is 8.78 Å². The van der Waals surface area contributed by atoms with E-state index in [1.807, 2.05) is 42.3 Å². The topological polar surface area (TPSA) is 53.1 Å². The van der Waals surface area contributed by atoms with Crippen LogP contribution in [-0.2, 0) is 4.79 Å². The molecule has 2 amide bonds. The van der Waals surface area contributed by atoms with Gasteiger partial charge in [0.05, 0.1) is 5.56 Å². The Labute approximate surface area is 192 Å². The van der Waals surface area contributed by atoms with Crippen LogP contribution in [0.3, 0.4) is 0 Å². The molecule has 8 heteroatoms. The van der Waals surface area contributed by atoms with Gasteiger partial charge in [-0.1, -0.05) is 18.2 Å². The molecular weight excluding hydrogens is 428 g/mol. The lowest BCUT2D eigenvalue weighted by molar-refractivity contribution is -0.135. The van der Waals surface area contributed by atoms with E-state index < -0.39 is 17.5 Å². The van der Waals surface area contributed by atoms with Gasteiger partial charge >= 0.3 is 0 Å². The largest absolute Gasteiger partial charge is 0.490 e. The summed E-state index contributed by atoms with van der Waals surface area (Å²) >= 11 is 0. The number of carbonyl (C=O) groups is 2. The summed E-state index contributed by atoms with van der Waals surface area (Å²) in [6.07, 6.45) is 0.472. The van der Waals surface area contributed by atoms with Gasteiger partial charge < -0.3 is 19.4 Å². The first-order chi connectivity index (χ1) is 15.9. The Balaban J connectivity index is 1.50. The molecular formula is C25H29F2N3O3. The molecule has 4 rings (SSSR count). The van der Waals surface area contributed by atoms with Gasteiger partial charge in [0.1, 0.15) is 23.5 Å². The van der Waals surface area contributed by atoms with Crippen LogP contribution >= 0.6 is 0 Å². The molecule has 0 aliphatic carbocycles. The average Bonchev–Trinajstić information content (AvgIpc) is 2.82. The van der Waals surface area contributed by atoms with Gasteiger partial charge in [0, 0.05) is 58.0 Å². The number of hydrogen-bond acceptors (Lipinski definition) is 4. The number of amides is 2. The molecule has 0 saturated carbocycles. The van der Waals surface area contributed by atoms with Crippen molar-refractivity contribution >= 4 is 11.8 Å². The van der Waals surface area contributed by atoms with Gasteiger partial charge in [-0.3, -0.25) is 9.59 Å². The SMILES string of the molecule is CN1CCN(C(=O)C[C@H]2CN(C(=O)c3cc(F)ccc3F)CC[C@@H]2Oc2ccccc2)CC1. The summed E-state index contributed by atoms with van der Waals surface area (Å²) < 4.78 is 34.1. The molecule has 0 bridgehead atoms. The number of ether oxygens (including phenoxy) is 1. The minimum absolute atomic E-state index is 0.0287. The van der Waals surface area contributed by atoms with E-state index in [4.69, 9.17) is 4.74 Å². The fraction of sp³-hybridized carbons (Fsp3) is 0.440. The Morgan fingerprint density at radius 1 is 0.970 bits per heavy atom. The minimum Gasteiger partial charge on any atom is -0.490 e. The molecule has 6 nitrogen and oxygen atoms in total. The summed E-state index contributed by atoms with van der Waals surface area (Å²) in [5, 5.41) is 0. The van der Waals surface area contributed by atoms with Crippen LogP contribution in [0.5, 0.6) is 5.75 Å². The first-order valence-corrected chi connectivity index (χ1v) is 11.3. The number of para-hydroxylation sites is 1. The van der Waals surface area contributed by atoms with Crippen molar-refractivity contribution in [3.63, 3.8) is 0 Å². The molecule has 2 aromatic carbocycles. The van der Waals surface area contributed by atoms with Crippen molar-refractivity contribution in [2.24, 2.45) is 5.92 Å². The third kappa shape index (κ3) is 5.68. The Morgan fingerprint density at radius 3 is 2.42 bits per heavy atom. The summed E-state index contributed by atoms with van der Waals surface area (Å²) in [6.45, 7) is 3.57. The predicted molar refractivity (Wildman–Crippen MR) is 120 cm³/mol. The zero-order valence-corrected chi connectivity index (χ0v) is 18.8. The zero-order chi connectivity index (χ0) is 23.4. The number of likely N-dealkylation sites (tertiary alicyclic amines) is 1. The summed E-state index contributed by atoms with van der Waals surface area (Å²) in [4.78, 5) is 31.6. The van der Waals surface area contributed by atoms with Crippen molar-refractivity contribution in [2.75, 3.05) is 46.3 Å². The zero-order valence-electron chi connectivity index (χ0n) is 18.8. The number of carbonyl (C=O) groups excluding carboxylic acids is 2. The van der Waals surface area contributed by atoms with Crippen LogP contribution in [0.2, 0.25) is 0 Å². The highest BCUT2D eigenvalue weighted by atomic mass is 19.1. The van der Waals surface area contributed by atoms with Crippen LogP contribution in [0.25, 0.3) is 0 Å². The second-order valence-corrected chi connectivity index (χ2v) is 8.78. The highest BCUT2D eigenvalue weighted by molar-refractivity contribution is 5.94. The van der Waals surface area contributed by atoms with Gasteiger partial charge in [0.2, 0.25) is 5.91 Å². The van der Waals surface area contributed by atoms with E-state index in [-0.39, 0.29) is 36.5 Å². The maximum absolute atomic E-state index is 14.2. The Hall–Kier alpha value is -3.00. The third-order valence-electron chi connectivity index (χ3n) is 6.43. The van der Waals surface area contributed by atoms with E-state index in [0.29, 0.717) is 31.8 Å². The smallest absolute Gasteiger partial charge is 0.256 e.